The first kappa shape index (κ1) is 46.5. The zero-order valence-electron chi connectivity index (χ0n) is 127. The average Bonchev–Trinajstić information content (AvgIpc) is 0.764. The van der Waals surface area contributed by atoms with E-state index in [2.05, 4.69) is 0 Å². The molecule has 0 saturated carbocycles. The quantitative estimate of drug-likeness (QED) is 0.0238. The van der Waals surface area contributed by atoms with Gasteiger partial charge in [0.25, 0.3) is 0 Å². The number of aliphatic hydroxyl groups excluding tert-OH is 5. The zero-order valence-corrected chi connectivity index (χ0v) is 69.5. The van der Waals surface area contributed by atoms with Crippen LogP contribution in [0.4, 0.5) is 0 Å². The molecule has 0 heterocycles. The number of hydrogen-bond donors (Lipinski definition) is 5. The molecule has 5 atom stereocenters. The molecule has 0 fully saturated rings. The monoisotopic (exact) mass is 1780 g/mol. The van der Waals surface area contributed by atoms with Crippen LogP contribution in [0.1, 0.15) is 231 Å². The van der Waals surface area contributed by atoms with Crippen LogP contribution in [0.25, 0.3) is 0 Å². The summed E-state index contributed by atoms with van der Waals surface area (Å²) in [6.45, 7) is -6.36. The molecule has 10 aromatic carbocycles. The van der Waals surface area contributed by atoms with Crippen molar-refractivity contribution >= 4 is 0 Å². The number of ether oxygens (including phenoxy) is 15. The van der Waals surface area contributed by atoms with Gasteiger partial charge in [-0.1, -0.05) is 123 Å². The molecule has 20 heteroatoms. The van der Waals surface area contributed by atoms with Gasteiger partial charge in [0.1, 0.15) is 61.5 Å². The van der Waals surface area contributed by atoms with Crippen LogP contribution >= 0.6 is 0 Å². The number of aryl methyl sites for hydroxylation is 10. The highest BCUT2D eigenvalue weighted by molar-refractivity contribution is 5.47. The van der Waals surface area contributed by atoms with E-state index >= 15 is 0 Å². The Bertz CT molecular complexity index is 7150. The summed E-state index contributed by atoms with van der Waals surface area (Å²) in [5, 5.41) is 52.6. The fraction of sp³-hybridized carbons (Fsp3) is 0.429. The van der Waals surface area contributed by atoms with E-state index in [9.17, 15) is 25.5 Å². The van der Waals surface area contributed by atoms with Gasteiger partial charge in [0.2, 0.25) is 0 Å². The number of aliphatic hydroxyl groups is 5. The molecule has 0 amide bonds. The van der Waals surface area contributed by atoms with Gasteiger partial charge < -0.3 is 96.6 Å². The fourth-order valence-electron chi connectivity index (χ4n) is 9.77. The Morgan fingerprint density at radius 3 is 0.584 bits per heavy atom. The van der Waals surface area contributed by atoms with Crippen molar-refractivity contribution in [2.24, 2.45) is 0 Å². The van der Waals surface area contributed by atoms with E-state index in [0.717, 1.165) is 83.4 Å². The van der Waals surface area contributed by atoms with Crippen LogP contribution < -0.4 is 71.1 Å². The average molecular weight is 1780 g/mol. The predicted octanol–water partition coefficient (Wildman–Crippen LogP) is 20.8. The summed E-state index contributed by atoms with van der Waals surface area (Å²) in [6, 6.07) is 46.3. The minimum absolute atomic E-state index is 0.0191. The lowest BCUT2D eigenvalue weighted by atomic mass is 10.0. The van der Waals surface area contributed by atoms with Gasteiger partial charge in [-0.05, 0) is 307 Å². The van der Waals surface area contributed by atoms with Gasteiger partial charge >= 0.3 is 0 Å². The van der Waals surface area contributed by atoms with Crippen LogP contribution in [0.5, 0.6) is 86.2 Å². The Hall–Kier alpha value is -11.0. The molecule has 0 aliphatic carbocycles. The minimum atomic E-state index is -3.14. The Morgan fingerprint density at radius 2 is 0.408 bits per heavy atom. The Balaban J connectivity index is 0.000000345. The lowest BCUT2D eigenvalue weighted by Crippen LogP contribution is -2.17. The van der Waals surface area contributed by atoms with Crippen molar-refractivity contribution in [3.63, 3.8) is 0 Å². The first-order valence-electron chi connectivity index (χ1n) is 66.5. The third-order valence-corrected chi connectivity index (χ3v) is 15.7. The molecule has 0 bridgehead atoms. The maximum Gasteiger partial charge on any atom is 0.160 e. The van der Waals surface area contributed by atoms with Gasteiger partial charge in [-0.3, -0.25) is 0 Å². The molecule has 0 spiro atoms. The van der Waals surface area contributed by atoms with Crippen molar-refractivity contribution in [2.45, 2.75) is 193 Å². The van der Waals surface area contributed by atoms with Crippen LogP contribution in [0.15, 0.2) is 212 Å². The highest BCUT2D eigenvalue weighted by Gasteiger charge is 2.15. The third-order valence-electron chi connectivity index (χ3n) is 15.7. The van der Waals surface area contributed by atoms with Gasteiger partial charge in [0.15, 0.2) is 57.5 Å². The largest absolute Gasteiger partial charge is 0.493 e. The van der Waals surface area contributed by atoms with Crippen LogP contribution in [-0.2, 0) is 31.9 Å². The standard InChI is InChI=1S/5C21H28O4/c5*1-16-7-6-10-19(13-16)25-15-18(22)9-5-4-8-17-11-12-20(23-2)21(14-17)24-3/h5*6-7,10-14,18,22H,4-5,8-9,15H2,1-3H3/i2*2D3,3D3,4D2,8D2,9D2,15D2;3D3,4D2,8D2,9D2,15D2;2D3,4D2,8D2,9D2,15D2;4D2,8D2,9D2,15D2. The first-order valence-corrected chi connectivity index (χ1v) is 37.5. The summed E-state index contributed by atoms with van der Waals surface area (Å²) in [4.78, 5) is 0. The maximum atomic E-state index is 10.5. The number of hydrogen-bond acceptors (Lipinski definition) is 20. The van der Waals surface area contributed by atoms with Gasteiger partial charge in [-0.25, -0.2) is 0 Å². The Labute approximate surface area is 826 Å². The Morgan fingerprint density at radius 1 is 0.232 bits per heavy atom. The predicted molar refractivity (Wildman–Crippen MR) is 499 cm³/mol. The molecule has 125 heavy (non-hydrogen) atoms. The highest BCUT2D eigenvalue weighted by Crippen LogP contribution is 2.34. The van der Waals surface area contributed by atoms with Crippen molar-refractivity contribution in [2.75, 3.05) is 103 Å². The summed E-state index contributed by atoms with van der Waals surface area (Å²) in [6.07, 6.45) is -63.8. The summed E-state index contributed by atoms with van der Waals surface area (Å²) in [7, 11) is -12.8. The molecule has 10 aromatic rings. The van der Waals surface area contributed by atoms with E-state index in [4.69, 9.17) is 151 Å². The van der Waals surface area contributed by atoms with Crippen LogP contribution in [0.2, 0.25) is 0 Å². The second-order valence-electron chi connectivity index (χ2n) is 25.3. The van der Waals surface area contributed by atoms with Gasteiger partial charge in [0, 0.05) is 41.1 Å². The van der Waals surface area contributed by atoms with E-state index in [1.54, 1.807) is 95.3 Å². The highest BCUT2D eigenvalue weighted by atomic mass is 16.5. The van der Waals surface area contributed by atoms with Gasteiger partial charge in [-0.2, -0.15) is 0 Å². The van der Waals surface area contributed by atoms with Gasteiger partial charge in [0.05, 0.1) is 140 Å². The van der Waals surface area contributed by atoms with E-state index in [1.807, 2.05) is 0 Å². The molecule has 0 saturated heterocycles. The summed E-state index contributed by atoms with van der Waals surface area (Å²) < 4.78 is 534. The maximum absolute atomic E-state index is 10.5. The first-order chi connectivity index (χ1) is 82.2. The number of methoxy groups -OCH3 is 10. The van der Waals surface area contributed by atoms with Crippen LogP contribution in [0.3, 0.4) is 0 Å². The SMILES string of the molecule is [2H]C([2H])(CC([2H])([2H])C([2H])([2H])c1ccc(OC)c(OC)c1)C(O)C([2H])([2H])Oc1cccc(C)c1.[2H]C([2H])([2H])Oc1cc(C([2H])([2H])C([2H])([2H])CC([2H])([2H])C(O)C([2H])([2H])Oc2cccc(C)c2)ccc1OC.[2H]C([2H])([2H])Oc1ccc(C([2H])([2H])C([2H])([2H])CC([2H])([2H])C(O)C([2H])([2H])Oc2cccc(C)c2)cc1OC.[2H]C([2H])([2H])Oc1ccc(C([2H])([2H])C([2H])([2H])CC([2H])([2H])C(O)C([2H])([2H])Oc2cccc(C)c2)cc1OC([2H])([2H])[2H].[2H]C([2H])([2H])Oc1ccc(C([2H])([2H])C([2H])([2H])CC([2H])([2H])C(O)C([2H])([2H])Oc2cccc(C)c2)cc1OC([2H])([2H])[2H]. The van der Waals surface area contributed by atoms with E-state index < -0.39 is 267 Å². The lowest BCUT2D eigenvalue weighted by molar-refractivity contribution is 0.0976. The molecular formula is C105H140O20. The molecule has 20 nitrogen and oxygen atoms in total. The van der Waals surface area contributed by atoms with Crippen LogP contribution in [0, 0.1) is 34.6 Å². The number of rotatable bonds is 50. The zero-order chi connectivity index (χ0) is 141. The molecule has 10 rings (SSSR count). The molecule has 0 radical (unpaired) electrons. The summed E-state index contributed by atoms with van der Waals surface area (Å²) in [5.41, 5.74) is 1.67. The third kappa shape index (κ3) is 41.1. The van der Waals surface area contributed by atoms with Crippen molar-refractivity contribution in [1.82, 2.24) is 0 Å². The Kier molecular flexibility index (Phi) is 22.2. The smallest absolute Gasteiger partial charge is 0.160 e. The van der Waals surface area contributed by atoms with Crippen molar-refractivity contribution in [1.29, 1.82) is 0 Å². The topological polar surface area (TPSA) is 240 Å². The lowest BCUT2D eigenvalue weighted by Gasteiger charge is -2.13. The second kappa shape index (κ2) is 59.8. The molecule has 0 aliphatic heterocycles. The van der Waals surface area contributed by atoms with E-state index in [-0.39, 0.29) is 74.2 Å². The molecule has 5 unspecified atom stereocenters. The molecule has 0 aromatic heterocycles. The van der Waals surface area contributed by atoms with Gasteiger partial charge in [-0.15, -0.1) is 0 Å². The summed E-state index contributed by atoms with van der Waals surface area (Å²) >= 11 is 0. The van der Waals surface area contributed by atoms with Crippen LogP contribution in [-0.4, -0.2) is 160 Å². The molecule has 680 valence electrons. The normalized spacial score (nSPS) is 21.6. The second-order valence-corrected chi connectivity index (χ2v) is 25.3. The minimum Gasteiger partial charge on any atom is -0.493 e. The van der Waals surface area contributed by atoms with E-state index in [1.165, 1.54) is 113 Å². The van der Waals surface area contributed by atoms with Crippen molar-refractivity contribution < 1.29 is 176 Å². The van der Waals surface area contributed by atoms with Crippen molar-refractivity contribution in [3.05, 3.63) is 268 Å². The molecular weight excluding hydrogens is 1580 g/mol. The molecule has 0 aliphatic rings. The summed E-state index contributed by atoms with van der Waals surface area (Å²) in [5.74, 6) is -2.90. The number of benzene rings is 10. The molecule has 5 N–H and O–H groups in total. The van der Waals surface area contributed by atoms with E-state index in [0.29, 0.717) is 16.9 Å². The van der Waals surface area contributed by atoms with Crippen molar-refractivity contribution in [3.8, 4) is 86.2 Å². The fourth-order valence-corrected chi connectivity index (χ4v) is 9.77.